The Morgan fingerprint density at radius 3 is 2.14 bits per heavy atom. The van der Waals surface area contributed by atoms with Crippen LogP contribution in [0.5, 0.6) is 0 Å². The predicted octanol–water partition coefficient (Wildman–Crippen LogP) is 7.61. The number of hydrogen-bond acceptors (Lipinski definition) is 3. The van der Waals surface area contributed by atoms with E-state index in [1.165, 1.54) is 59.9 Å². The van der Waals surface area contributed by atoms with Crippen LogP contribution in [0.25, 0.3) is 17.7 Å². The van der Waals surface area contributed by atoms with Crippen LogP contribution in [0, 0.1) is 11.8 Å². The van der Waals surface area contributed by atoms with E-state index in [9.17, 15) is 4.79 Å². The highest BCUT2D eigenvalue weighted by atomic mass is 16.5. The molecule has 190 valence electrons. The number of piperidine rings is 1. The van der Waals surface area contributed by atoms with Gasteiger partial charge in [0.2, 0.25) is 0 Å². The van der Waals surface area contributed by atoms with Crippen molar-refractivity contribution < 1.29 is 9.53 Å². The van der Waals surface area contributed by atoms with Gasteiger partial charge in [-0.1, -0.05) is 98.4 Å². The van der Waals surface area contributed by atoms with E-state index in [2.05, 4.69) is 65.6 Å². The van der Waals surface area contributed by atoms with Crippen LogP contribution in [-0.2, 0) is 9.53 Å². The maximum atomic E-state index is 12.8. The van der Waals surface area contributed by atoms with Gasteiger partial charge in [-0.15, -0.1) is 0 Å². The summed E-state index contributed by atoms with van der Waals surface area (Å²) in [7, 11) is 0. The number of benzene rings is 2. The summed E-state index contributed by atoms with van der Waals surface area (Å²) >= 11 is 0. The van der Waals surface area contributed by atoms with Gasteiger partial charge in [0.25, 0.3) is 0 Å². The molecule has 5 rings (SSSR count). The molecule has 0 bridgehead atoms. The lowest BCUT2D eigenvalue weighted by atomic mass is 9.81. The van der Waals surface area contributed by atoms with Crippen LogP contribution >= 0.6 is 0 Å². The number of nitrogens with zero attached hydrogens (tertiary/aromatic N) is 1. The third kappa shape index (κ3) is 5.83. The van der Waals surface area contributed by atoms with Crippen LogP contribution in [0.15, 0.2) is 54.1 Å². The summed E-state index contributed by atoms with van der Waals surface area (Å²) in [6, 6.07) is 17.6. The Morgan fingerprint density at radius 1 is 0.917 bits per heavy atom. The van der Waals surface area contributed by atoms with Crippen LogP contribution in [0.2, 0.25) is 0 Å². The summed E-state index contributed by atoms with van der Waals surface area (Å²) in [5, 5.41) is 0. The Balaban J connectivity index is 1.28. The Hall–Kier alpha value is -2.65. The average molecular weight is 484 g/mol. The lowest BCUT2D eigenvalue weighted by molar-refractivity contribution is -0.149. The Bertz CT molecular complexity index is 1050. The first-order valence-electron chi connectivity index (χ1n) is 14.2. The van der Waals surface area contributed by atoms with Crippen molar-refractivity contribution in [2.45, 2.75) is 64.7 Å². The van der Waals surface area contributed by atoms with Crippen LogP contribution in [-0.4, -0.2) is 37.1 Å². The molecule has 1 atom stereocenters. The number of hydrogen-bond donors (Lipinski definition) is 0. The molecule has 0 spiro atoms. The summed E-state index contributed by atoms with van der Waals surface area (Å²) in [6.45, 7) is 5.53. The van der Waals surface area contributed by atoms with E-state index in [4.69, 9.17) is 4.74 Å². The van der Waals surface area contributed by atoms with Crippen molar-refractivity contribution in [2.75, 3.05) is 26.2 Å². The molecule has 1 saturated heterocycles. The number of esters is 1. The fourth-order valence-corrected chi connectivity index (χ4v) is 6.50. The van der Waals surface area contributed by atoms with Gasteiger partial charge in [0.15, 0.2) is 0 Å². The van der Waals surface area contributed by atoms with E-state index in [1.54, 1.807) is 5.57 Å². The van der Waals surface area contributed by atoms with E-state index < -0.39 is 0 Å². The number of fused-ring (bicyclic) bond motifs is 2. The molecule has 1 saturated carbocycles. The van der Waals surface area contributed by atoms with Crippen molar-refractivity contribution in [1.82, 2.24) is 4.90 Å². The van der Waals surface area contributed by atoms with Crippen molar-refractivity contribution in [3.63, 3.8) is 0 Å². The maximum Gasteiger partial charge on any atom is 0.308 e. The molecule has 2 aliphatic carbocycles. The number of carbonyl (C=O) groups is 1. The molecule has 1 unspecified atom stereocenters. The first kappa shape index (κ1) is 25.0. The minimum absolute atomic E-state index is 0.0297. The zero-order valence-electron chi connectivity index (χ0n) is 21.9. The zero-order chi connectivity index (χ0) is 24.7. The number of ether oxygens (including phenoxy) is 1. The van der Waals surface area contributed by atoms with Gasteiger partial charge in [-0.3, -0.25) is 4.79 Å². The van der Waals surface area contributed by atoms with Gasteiger partial charge in [-0.05, 0) is 72.9 Å². The largest absolute Gasteiger partial charge is 0.466 e. The summed E-state index contributed by atoms with van der Waals surface area (Å²) < 4.78 is 5.49. The standard InChI is InChI=1S/C33H41NO2/c1-2-36-33(35)29(24-25-10-4-3-5-11-25)20-23-34-21-18-28(19-22-34)32-30-14-8-6-12-26(30)16-17-27-13-7-9-15-31(27)32/h6-9,12-17,25,29H,2-5,10-11,18-24H2,1H3. The number of likely N-dealkylation sites (tertiary alicyclic amines) is 1. The predicted molar refractivity (Wildman–Crippen MR) is 149 cm³/mol. The molecule has 3 aliphatic rings. The smallest absolute Gasteiger partial charge is 0.308 e. The average Bonchev–Trinajstić information content (AvgIpc) is 3.09. The van der Waals surface area contributed by atoms with E-state index in [0.717, 1.165) is 45.3 Å². The summed E-state index contributed by atoms with van der Waals surface area (Å²) in [5.41, 5.74) is 8.33. The van der Waals surface area contributed by atoms with Gasteiger partial charge in [0.1, 0.15) is 0 Å². The maximum absolute atomic E-state index is 12.8. The van der Waals surface area contributed by atoms with Gasteiger partial charge in [0, 0.05) is 13.1 Å². The molecule has 0 aromatic heterocycles. The first-order valence-corrected chi connectivity index (χ1v) is 14.2. The normalized spacial score (nSPS) is 19.4. The fourth-order valence-electron chi connectivity index (χ4n) is 6.50. The molecule has 2 fully saturated rings. The lowest BCUT2D eigenvalue weighted by Gasteiger charge is -2.32. The fraction of sp³-hybridized carbons (Fsp3) is 0.485. The molecule has 0 radical (unpaired) electrons. The molecule has 3 heteroatoms. The molecular weight excluding hydrogens is 442 g/mol. The second-order valence-electron chi connectivity index (χ2n) is 10.8. The Morgan fingerprint density at radius 2 is 1.53 bits per heavy atom. The summed E-state index contributed by atoms with van der Waals surface area (Å²) in [5.74, 6) is 0.788. The molecule has 36 heavy (non-hydrogen) atoms. The van der Waals surface area contributed by atoms with Crippen LogP contribution in [0.3, 0.4) is 0 Å². The van der Waals surface area contributed by atoms with E-state index >= 15 is 0 Å². The van der Waals surface area contributed by atoms with Crippen molar-refractivity contribution in [3.05, 3.63) is 76.4 Å². The molecule has 1 aliphatic heterocycles. The van der Waals surface area contributed by atoms with E-state index in [-0.39, 0.29) is 11.9 Å². The Labute approximate surface area is 217 Å². The lowest BCUT2D eigenvalue weighted by Crippen LogP contribution is -2.34. The molecule has 2 aromatic rings. The highest BCUT2D eigenvalue weighted by Gasteiger charge is 2.27. The molecule has 0 amide bonds. The monoisotopic (exact) mass is 483 g/mol. The van der Waals surface area contributed by atoms with Crippen LogP contribution < -0.4 is 0 Å². The second-order valence-corrected chi connectivity index (χ2v) is 10.8. The topological polar surface area (TPSA) is 29.5 Å². The number of carbonyl (C=O) groups excluding carboxylic acids is 1. The molecule has 1 heterocycles. The van der Waals surface area contributed by atoms with Gasteiger partial charge in [0.05, 0.1) is 12.5 Å². The Kier molecular flexibility index (Phi) is 8.38. The summed E-state index contributed by atoms with van der Waals surface area (Å²) in [6.07, 6.45) is 15.2. The molecular formula is C33H41NO2. The quantitative estimate of drug-likeness (QED) is 0.324. The zero-order valence-corrected chi connectivity index (χ0v) is 21.9. The van der Waals surface area contributed by atoms with Gasteiger partial charge in [-0.25, -0.2) is 0 Å². The van der Waals surface area contributed by atoms with Crippen molar-refractivity contribution >= 4 is 23.7 Å². The molecule has 3 nitrogen and oxygen atoms in total. The van der Waals surface area contributed by atoms with E-state index in [0.29, 0.717) is 12.5 Å². The van der Waals surface area contributed by atoms with Crippen molar-refractivity contribution in [2.24, 2.45) is 11.8 Å². The highest BCUT2D eigenvalue weighted by molar-refractivity contribution is 5.94. The third-order valence-corrected chi connectivity index (χ3v) is 8.47. The van der Waals surface area contributed by atoms with Gasteiger partial charge >= 0.3 is 5.97 Å². The third-order valence-electron chi connectivity index (χ3n) is 8.47. The van der Waals surface area contributed by atoms with Gasteiger partial charge < -0.3 is 9.64 Å². The van der Waals surface area contributed by atoms with E-state index in [1.807, 2.05) is 6.92 Å². The van der Waals surface area contributed by atoms with Crippen molar-refractivity contribution in [1.29, 1.82) is 0 Å². The van der Waals surface area contributed by atoms with Crippen molar-refractivity contribution in [3.8, 4) is 0 Å². The molecule has 2 aromatic carbocycles. The first-order chi connectivity index (χ1) is 17.7. The minimum atomic E-state index is 0.0297. The SMILES string of the molecule is CCOC(=O)C(CCN1CCC(=C2c3ccccc3C=Cc3ccccc32)CC1)CC1CCCCC1. The van der Waals surface area contributed by atoms with Crippen LogP contribution in [0.1, 0.15) is 87.0 Å². The molecule has 0 N–H and O–H groups in total. The van der Waals surface area contributed by atoms with Gasteiger partial charge in [-0.2, -0.15) is 0 Å². The highest BCUT2D eigenvalue weighted by Crippen LogP contribution is 2.39. The summed E-state index contributed by atoms with van der Waals surface area (Å²) in [4.78, 5) is 15.3. The minimum Gasteiger partial charge on any atom is -0.466 e. The van der Waals surface area contributed by atoms with Crippen LogP contribution in [0.4, 0.5) is 0 Å². The second kappa shape index (κ2) is 12.1. The number of rotatable bonds is 7.